The first-order valence-corrected chi connectivity index (χ1v) is 8.95. The van der Waals surface area contributed by atoms with Crippen molar-refractivity contribution in [3.05, 3.63) is 71.3 Å². The van der Waals surface area contributed by atoms with E-state index in [9.17, 15) is 0 Å². The fourth-order valence-electron chi connectivity index (χ4n) is 2.66. The Labute approximate surface area is 151 Å². The molecule has 2 aromatic carbocycles. The topological polar surface area (TPSA) is 45.7 Å². The molecule has 134 valence electrons. The van der Waals surface area contributed by atoms with Crippen LogP contribution in [0.15, 0.2) is 59.6 Å². The van der Waals surface area contributed by atoms with Gasteiger partial charge in [0.25, 0.3) is 0 Å². The van der Waals surface area contributed by atoms with Gasteiger partial charge >= 0.3 is 0 Å². The number of guanidine groups is 1. The van der Waals surface area contributed by atoms with Gasteiger partial charge in [-0.3, -0.25) is 0 Å². The number of ether oxygens (including phenoxy) is 1. The molecule has 0 aliphatic rings. The lowest BCUT2D eigenvalue weighted by atomic mass is 10.1. The number of rotatable bonds is 9. The van der Waals surface area contributed by atoms with Crippen molar-refractivity contribution in [2.75, 3.05) is 20.2 Å². The zero-order chi connectivity index (χ0) is 17.7. The lowest BCUT2D eigenvalue weighted by Crippen LogP contribution is -2.37. The molecule has 25 heavy (non-hydrogen) atoms. The quantitative estimate of drug-likeness (QED) is 0.417. The monoisotopic (exact) mass is 339 g/mol. The lowest BCUT2D eigenvalue weighted by Gasteiger charge is -2.12. The minimum absolute atomic E-state index is 0.618. The Kier molecular flexibility index (Phi) is 8.56. The number of nitrogens with zero attached hydrogens (tertiary/aromatic N) is 1. The van der Waals surface area contributed by atoms with Crippen LogP contribution in [-0.2, 0) is 24.3 Å². The molecule has 0 spiro atoms. The summed E-state index contributed by atoms with van der Waals surface area (Å²) in [7, 11) is 1.72. The highest BCUT2D eigenvalue weighted by Gasteiger charge is 2.02. The van der Waals surface area contributed by atoms with Crippen LogP contribution in [0.25, 0.3) is 0 Å². The average molecular weight is 339 g/mol. The molecule has 0 bridgehead atoms. The van der Waals surface area contributed by atoms with Gasteiger partial charge in [-0.05, 0) is 36.5 Å². The number of hydrogen-bond acceptors (Lipinski definition) is 2. The van der Waals surface area contributed by atoms with E-state index in [0.717, 1.165) is 31.9 Å². The first-order chi connectivity index (χ1) is 12.3. The molecule has 0 aromatic heterocycles. The summed E-state index contributed by atoms with van der Waals surface area (Å²) in [4.78, 5) is 4.71. The molecule has 0 saturated heterocycles. The van der Waals surface area contributed by atoms with Crippen LogP contribution in [0, 0.1) is 0 Å². The summed E-state index contributed by atoms with van der Waals surface area (Å²) in [6.45, 7) is 5.10. The van der Waals surface area contributed by atoms with Crippen LogP contribution >= 0.6 is 0 Å². The van der Waals surface area contributed by atoms with Crippen molar-refractivity contribution < 1.29 is 4.74 Å². The molecule has 2 rings (SSSR count). The maximum atomic E-state index is 5.26. The van der Waals surface area contributed by atoms with Gasteiger partial charge in [-0.1, -0.05) is 54.6 Å². The van der Waals surface area contributed by atoms with E-state index in [-0.39, 0.29) is 0 Å². The van der Waals surface area contributed by atoms with Crippen molar-refractivity contribution in [3.63, 3.8) is 0 Å². The summed E-state index contributed by atoms with van der Waals surface area (Å²) in [6.07, 6.45) is 2.15. The van der Waals surface area contributed by atoms with Gasteiger partial charge in [0.15, 0.2) is 5.96 Å². The molecular formula is C21H29N3O. The highest BCUT2D eigenvalue weighted by atomic mass is 16.5. The molecule has 0 fully saturated rings. The molecular weight excluding hydrogens is 310 g/mol. The Bertz CT molecular complexity index is 641. The normalized spacial score (nSPS) is 11.4. The van der Waals surface area contributed by atoms with E-state index >= 15 is 0 Å². The Balaban J connectivity index is 1.85. The van der Waals surface area contributed by atoms with Crippen LogP contribution in [0.1, 0.15) is 30.0 Å². The van der Waals surface area contributed by atoms with Crippen LogP contribution < -0.4 is 10.6 Å². The van der Waals surface area contributed by atoms with E-state index in [1.807, 2.05) is 12.1 Å². The maximum absolute atomic E-state index is 5.26. The molecule has 0 aliphatic carbocycles. The van der Waals surface area contributed by atoms with Gasteiger partial charge in [0.2, 0.25) is 0 Å². The fourth-order valence-corrected chi connectivity index (χ4v) is 2.66. The van der Waals surface area contributed by atoms with Crippen LogP contribution in [0.2, 0.25) is 0 Å². The van der Waals surface area contributed by atoms with Crippen molar-refractivity contribution in [1.29, 1.82) is 0 Å². The fraction of sp³-hybridized carbons (Fsp3) is 0.381. The second kappa shape index (κ2) is 11.3. The molecule has 4 nitrogen and oxygen atoms in total. The summed E-state index contributed by atoms with van der Waals surface area (Å²) in [5.41, 5.74) is 3.76. The van der Waals surface area contributed by atoms with Crippen molar-refractivity contribution in [1.82, 2.24) is 10.6 Å². The first-order valence-electron chi connectivity index (χ1n) is 8.95. The Hall–Kier alpha value is -2.33. The van der Waals surface area contributed by atoms with Gasteiger partial charge in [-0.25, -0.2) is 4.99 Å². The van der Waals surface area contributed by atoms with Crippen LogP contribution in [0.4, 0.5) is 0 Å². The number of hydrogen-bond donors (Lipinski definition) is 2. The number of methoxy groups -OCH3 is 1. The van der Waals surface area contributed by atoms with Crippen LogP contribution in [0.3, 0.4) is 0 Å². The zero-order valence-electron chi connectivity index (χ0n) is 15.3. The van der Waals surface area contributed by atoms with E-state index in [4.69, 9.17) is 9.73 Å². The Morgan fingerprint density at radius 1 is 0.960 bits per heavy atom. The van der Waals surface area contributed by atoms with Crippen molar-refractivity contribution in [2.45, 2.75) is 32.9 Å². The van der Waals surface area contributed by atoms with Gasteiger partial charge in [-0.2, -0.15) is 0 Å². The largest absolute Gasteiger partial charge is 0.380 e. The third-order valence-corrected chi connectivity index (χ3v) is 3.95. The van der Waals surface area contributed by atoms with Crippen molar-refractivity contribution >= 4 is 5.96 Å². The molecule has 0 amide bonds. The highest BCUT2D eigenvalue weighted by molar-refractivity contribution is 5.79. The summed E-state index contributed by atoms with van der Waals surface area (Å²) in [5.74, 6) is 0.864. The molecule has 4 heteroatoms. The van der Waals surface area contributed by atoms with Crippen LogP contribution in [-0.4, -0.2) is 26.2 Å². The number of aliphatic imine (C=N–C) groups is 1. The average Bonchev–Trinajstić information content (AvgIpc) is 2.65. The predicted octanol–water partition coefficient (Wildman–Crippen LogP) is 3.52. The summed E-state index contributed by atoms with van der Waals surface area (Å²) in [6, 6.07) is 18.9. The molecule has 2 aromatic rings. The van der Waals surface area contributed by atoms with E-state index in [0.29, 0.717) is 13.2 Å². The van der Waals surface area contributed by atoms with Gasteiger partial charge in [0.05, 0.1) is 13.2 Å². The Morgan fingerprint density at radius 3 is 2.40 bits per heavy atom. The number of nitrogens with one attached hydrogen (secondary N) is 2. The third kappa shape index (κ3) is 6.98. The second-order valence-electron chi connectivity index (χ2n) is 5.91. The summed E-state index contributed by atoms with van der Waals surface area (Å²) >= 11 is 0. The minimum atomic E-state index is 0.618. The SMILES string of the molecule is CCNC(=NCc1ccccc1COC)NCCCc1ccccc1. The van der Waals surface area contributed by atoms with Gasteiger partial charge in [0.1, 0.15) is 0 Å². The van der Waals surface area contributed by atoms with Crippen molar-refractivity contribution in [2.24, 2.45) is 4.99 Å². The lowest BCUT2D eigenvalue weighted by molar-refractivity contribution is 0.184. The molecule has 0 unspecified atom stereocenters. The highest BCUT2D eigenvalue weighted by Crippen LogP contribution is 2.11. The third-order valence-electron chi connectivity index (χ3n) is 3.95. The zero-order valence-corrected chi connectivity index (χ0v) is 15.3. The molecule has 0 heterocycles. The summed E-state index contributed by atoms with van der Waals surface area (Å²) < 4.78 is 5.26. The molecule has 0 aliphatic heterocycles. The van der Waals surface area contributed by atoms with Gasteiger partial charge in [0, 0.05) is 20.2 Å². The van der Waals surface area contributed by atoms with E-state index < -0.39 is 0 Å². The smallest absolute Gasteiger partial charge is 0.191 e. The van der Waals surface area contributed by atoms with E-state index in [2.05, 4.69) is 60.0 Å². The number of aryl methyl sites for hydroxylation is 1. The molecule has 0 saturated carbocycles. The van der Waals surface area contributed by atoms with E-state index in [1.54, 1.807) is 7.11 Å². The second-order valence-corrected chi connectivity index (χ2v) is 5.91. The Morgan fingerprint density at radius 2 is 1.68 bits per heavy atom. The minimum Gasteiger partial charge on any atom is -0.380 e. The predicted molar refractivity (Wildman–Crippen MR) is 105 cm³/mol. The molecule has 0 radical (unpaired) electrons. The van der Waals surface area contributed by atoms with Gasteiger partial charge in [-0.15, -0.1) is 0 Å². The number of benzene rings is 2. The van der Waals surface area contributed by atoms with Crippen molar-refractivity contribution in [3.8, 4) is 0 Å². The maximum Gasteiger partial charge on any atom is 0.191 e. The van der Waals surface area contributed by atoms with Gasteiger partial charge < -0.3 is 15.4 Å². The summed E-state index contributed by atoms with van der Waals surface area (Å²) in [5, 5.41) is 6.73. The van der Waals surface area contributed by atoms with E-state index in [1.165, 1.54) is 16.7 Å². The standard InChI is InChI=1S/C21H29N3O/c1-3-22-21(23-15-9-12-18-10-5-4-6-11-18)24-16-19-13-7-8-14-20(19)17-25-2/h4-8,10-11,13-14H,3,9,12,15-17H2,1-2H3,(H2,22,23,24). The first kappa shape index (κ1) is 19.0. The molecule has 2 N–H and O–H groups in total. The van der Waals surface area contributed by atoms with Crippen LogP contribution in [0.5, 0.6) is 0 Å². The molecule has 0 atom stereocenters.